The lowest BCUT2D eigenvalue weighted by Crippen LogP contribution is -2.49. The Bertz CT molecular complexity index is 692. The average Bonchev–Trinajstić information content (AvgIpc) is 2.95. The molecule has 1 amide bonds. The first-order chi connectivity index (χ1) is 11.1. The zero-order valence-electron chi connectivity index (χ0n) is 13.7. The Balaban J connectivity index is 1.68. The molecule has 1 N–H and O–H groups in total. The fourth-order valence-corrected chi connectivity index (χ4v) is 3.81. The average molecular weight is 334 g/mol. The molecule has 7 heteroatoms. The van der Waals surface area contributed by atoms with E-state index in [1.807, 2.05) is 18.7 Å². The summed E-state index contributed by atoms with van der Waals surface area (Å²) in [6, 6.07) is 2.10. The van der Waals surface area contributed by atoms with Crippen LogP contribution in [0.15, 0.2) is 12.4 Å². The van der Waals surface area contributed by atoms with Crippen LogP contribution < -0.4 is 5.32 Å². The van der Waals surface area contributed by atoms with Gasteiger partial charge in [-0.1, -0.05) is 6.92 Å². The van der Waals surface area contributed by atoms with E-state index in [1.54, 1.807) is 17.7 Å². The number of rotatable bonds is 4. The molecule has 0 spiro atoms. The molecule has 2 unspecified atom stereocenters. The van der Waals surface area contributed by atoms with Crippen LogP contribution in [0.25, 0.3) is 10.2 Å². The molecular weight excluding hydrogens is 312 g/mol. The van der Waals surface area contributed by atoms with Gasteiger partial charge in [0, 0.05) is 18.0 Å². The Morgan fingerprint density at radius 2 is 2.13 bits per heavy atom. The molecule has 0 aliphatic carbocycles. The van der Waals surface area contributed by atoms with E-state index in [0.717, 1.165) is 22.5 Å². The van der Waals surface area contributed by atoms with Gasteiger partial charge in [0.1, 0.15) is 17.0 Å². The van der Waals surface area contributed by atoms with Crippen LogP contribution in [0.2, 0.25) is 0 Å². The van der Waals surface area contributed by atoms with Crippen molar-refractivity contribution in [1.29, 1.82) is 0 Å². The lowest BCUT2D eigenvalue weighted by atomic mass is 10.2. The minimum absolute atomic E-state index is 0.0738. The Morgan fingerprint density at radius 3 is 2.83 bits per heavy atom. The maximum Gasteiger partial charge on any atom is 0.242 e. The number of hydrogen-bond acceptors (Lipinski definition) is 6. The number of hydrogen-bond donors (Lipinski definition) is 1. The minimum Gasteiger partial charge on any atom is -0.372 e. The van der Waals surface area contributed by atoms with Crippen LogP contribution >= 0.6 is 11.3 Å². The van der Waals surface area contributed by atoms with Gasteiger partial charge in [0.15, 0.2) is 0 Å². The standard InChI is InChI=1S/C16H22N4O2S/c1-4-12-5-13-15(18-9-19-16(13)23-12)17-6-14(21)20-7-10(2)22-11(3)8-20/h5,9-11H,4,6-8H2,1-3H3,(H,17,18,19). The summed E-state index contributed by atoms with van der Waals surface area (Å²) in [5, 5.41) is 4.17. The fraction of sp³-hybridized carbons (Fsp3) is 0.562. The minimum atomic E-state index is 0.0738. The fourth-order valence-electron chi connectivity index (χ4n) is 2.87. The molecular formula is C16H22N4O2S. The smallest absolute Gasteiger partial charge is 0.242 e. The number of thiophene rings is 1. The number of ether oxygens (including phenoxy) is 1. The highest BCUT2D eigenvalue weighted by Gasteiger charge is 2.25. The quantitative estimate of drug-likeness (QED) is 0.929. The number of amides is 1. The van der Waals surface area contributed by atoms with E-state index >= 15 is 0 Å². The highest BCUT2D eigenvalue weighted by atomic mass is 32.1. The van der Waals surface area contributed by atoms with E-state index in [4.69, 9.17) is 4.74 Å². The molecule has 3 rings (SSSR count). The molecule has 1 saturated heterocycles. The molecule has 124 valence electrons. The lowest BCUT2D eigenvalue weighted by molar-refractivity contribution is -0.141. The van der Waals surface area contributed by atoms with Crippen molar-refractivity contribution in [1.82, 2.24) is 14.9 Å². The topological polar surface area (TPSA) is 67.4 Å². The number of aromatic nitrogens is 2. The number of morpholine rings is 1. The predicted octanol–water partition coefficient (Wildman–Crippen LogP) is 2.30. The molecule has 3 heterocycles. The summed E-state index contributed by atoms with van der Waals surface area (Å²) in [4.78, 5) is 25.1. The van der Waals surface area contributed by atoms with Gasteiger partial charge in [-0.15, -0.1) is 11.3 Å². The first-order valence-corrected chi connectivity index (χ1v) is 8.79. The zero-order chi connectivity index (χ0) is 16.4. The molecule has 0 saturated carbocycles. The van der Waals surface area contributed by atoms with E-state index in [-0.39, 0.29) is 24.7 Å². The van der Waals surface area contributed by atoms with Gasteiger partial charge < -0.3 is 15.0 Å². The van der Waals surface area contributed by atoms with Gasteiger partial charge in [-0.2, -0.15) is 0 Å². The van der Waals surface area contributed by atoms with Crippen LogP contribution in [0, 0.1) is 0 Å². The van der Waals surface area contributed by atoms with Crippen molar-refractivity contribution < 1.29 is 9.53 Å². The van der Waals surface area contributed by atoms with Crippen molar-refractivity contribution in [3.63, 3.8) is 0 Å². The zero-order valence-corrected chi connectivity index (χ0v) is 14.5. The Hall–Kier alpha value is -1.73. The maximum atomic E-state index is 12.4. The molecule has 1 aliphatic rings. The molecule has 0 bridgehead atoms. The summed E-state index contributed by atoms with van der Waals surface area (Å²) in [5.74, 6) is 0.804. The number of aryl methyl sites for hydroxylation is 1. The van der Waals surface area contributed by atoms with Gasteiger partial charge in [0.2, 0.25) is 5.91 Å². The van der Waals surface area contributed by atoms with Crippen molar-refractivity contribution in [3.05, 3.63) is 17.3 Å². The molecule has 0 aromatic carbocycles. The van der Waals surface area contributed by atoms with Crippen LogP contribution in [0.5, 0.6) is 0 Å². The molecule has 23 heavy (non-hydrogen) atoms. The van der Waals surface area contributed by atoms with E-state index in [0.29, 0.717) is 13.1 Å². The van der Waals surface area contributed by atoms with Crippen LogP contribution in [0.3, 0.4) is 0 Å². The van der Waals surface area contributed by atoms with Crippen LogP contribution in [0.1, 0.15) is 25.6 Å². The van der Waals surface area contributed by atoms with Gasteiger partial charge in [-0.05, 0) is 26.3 Å². The largest absolute Gasteiger partial charge is 0.372 e. The van der Waals surface area contributed by atoms with Gasteiger partial charge in [0.25, 0.3) is 0 Å². The number of carbonyl (C=O) groups excluding carboxylic acids is 1. The summed E-state index contributed by atoms with van der Waals surface area (Å²) in [6.07, 6.45) is 2.68. The highest BCUT2D eigenvalue weighted by Crippen LogP contribution is 2.28. The molecule has 0 radical (unpaired) electrons. The summed E-state index contributed by atoms with van der Waals surface area (Å²) in [6.45, 7) is 7.63. The molecule has 1 fully saturated rings. The number of nitrogens with zero attached hydrogens (tertiary/aromatic N) is 3. The third kappa shape index (κ3) is 3.61. The maximum absolute atomic E-state index is 12.4. The number of nitrogens with one attached hydrogen (secondary N) is 1. The summed E-state index contributed by atoms with van der Waals surface area (Å²) >= 11 is 1.67. The first-order valence-electron chi connectivity index (χ1n) is 7.97. The van der Waals surface area contributed by atoms with E-state index in [9.17, 15) is 4.79 Å². The molecule has 6 nitrogen and oxygen atoms in total. The first kappa shape index (κ1) is 16.1. The van der Waals surface area contributed by atoms with E-state index in [2.05, 4.69) is 28.3 Å². The van der Waals surface area contributed by atoms with Gasteiger partial charge in [-0.3, -0.25) is 4.79 Å². The summed E-state index contributed by atoms with van der Waals surface area (Å²) in [5.41, 5.74) is 0. The van der Waals surface area contributed by atoms with E-state index < -0.39 is 0 Å². The highest BCUT2D eigenvalue weighted by molar-refractivity contribution is 7.18. The normalized spacial score (nSPS) is 21.6. The Labute approximate surface area is 139 Å². The van der Waals surface area contributed by atoms with Crippen LogP contribution in [-0.4, -0.2) is 52.6 Å². The second-order valence-corrected chi connectivity index (χ2v) is 7.03. The number of fused-ring (bicyclic) bond motifs is 1. The molecule has 2 aromatic rings. The van der Waals surface area contributed by atoms with Crippen molar-refractivity contribution in [2.24, 2.45) is 0 Å². The summed E-state index contributed by atoms with van der Waals surface area (Å²) < 4.78 is 5.67. The third-order valence-electron chi connectivity index (χ3n) is 3.91. The van der Waals surface area contributed by atoms with Crippen molar-refractivity contribution >= 4 is 33.3 Å². The van der Waals surface area contributed by atoms with Gasteiger partial charge in [0.05, 0.1) is 24.1 Å². The van der Waals surface area contributed by atoms with Gasteiger partial charge >= 0.3 is 0 Å². The Morgan fingerprint density at radius 1 is 1.39 bits per heavy atom. The SMILES string of the molecule is CCc1cc2c(NCC(=O)N3CC(C)OC(C)C3)ncnc2s1. The molecule has 1 aliphatic heterocycles. The third-order valence-corrected chi connectivity index (χ3v) is 5.10. The lowest BCUT2D eigenvalue weighted by Gasteiger charge is -2.35. The van der Waals surface area contributed by atoms with Crippen LogP contribution in [0.4, 0.5) is 5.82 Å². The molecule has 2 aromatic heterocycles. The number of anilines is 1. The Kier molecular flexibility index (Phi) is 4.77. The molecule has 2 atom stereocenters. The second kappa shape index (κ2) is 6.80. The second-order valence-electron chi connectivity index (χ2n) is 5.92. The van der Waals surface area contributed by atoms with E-state index in [1.165, 1.54) is 4.88 Å². The predicted molar refractivity (Wildman–Crippen MR) is 91.9 cm³/mol. The summed E-state index contributed by atoms with van der Waals surface area (Å²) in [7, 11) is 0. The monoisotopic (exact) mass is 334 g/mol. The van der Waals surface area contributed by atoms with Crippen molar-refractivity contribution in [2.75, 3.05) is 25.0 Å². The van der Waals surface area contributed by atoms with Crippen molar-refractivity contribution in [2.45, 2.75) is 39.4 Å². The number of carbonyl (C=O) groups is 1. The van der Waals surface area contributed by atoms with Crippen molar-refractivity contribution in [3.8, 4) is 0 Å². The van der Waals surface area contributed by atoms with Crippen LogP contribution in [-0.2, 0) is 16.0 Å². The van der Waals surface area contributed by atoms with Gasteiger partial charge in [-0.25, -0.2) is 9.97 Å².